The van der Waals surface area contributed by atoms with E-state index in [9.17, 15) is 4.79 Å². The smallest absolute Gasteiger partial charge is 0.267 e. The van der Waals surface area contributed by atoms with Crippen LogP contribution in [0.2, 0.25) is 0 Å². The lowest BCUT2D eigenvalue weighted by Crippen LogP contribution is -2.31. The molecule has 15 heavy (non-hydrogen) atoms. The van der Waals surface area contributed by atoms with Gasteiger partial charge < -0.3 is 0 Å². The van der Waals surface area contributed by atoms with E-state index in [4.69, 9.17) is 5.84 Å². The molecule has 1 heterocycles. The van der Waals surface area contributed by atoms with E-state index in [1.807, 2.05) is 6.07 Å². The van der Waals surface area contributed by atoms with E-state index >= 15 is 0 Å². The van der Waals surface area contributed by atoms with E-state index in [-0.39, 0.29) is 11.3 Å². The first-order chi connectivity index (χ1) is 6.86. The van der Waals surface area contributed by atoms with E-state index in [2.05, 4.69) is 31.2 Å². The molecule has 0 saturated heterocycles. The minimum Gasteiger partial charge on any atom is -0.290 e. The summed E-state index contributed by atoms with van der Waals surface area (Å²) in [5.41, 5.74) is 4.27. The maximum atomic E-state index is 11.3. The molecule has 0 fully saturated rings. The average molecular weight is 207 g/mol. The maximum Gasteiger partial charge on any atom is 0.267 e. The van der Waals surface area contributed by atoms with Crippen molar-refractivity contribution in [2.45, 2.75) is 33.1 Å². The van der Waals surface area contributed by atoms with Crippen LogP contribution in [0.25, 0.3) is 0 Å². The Morgan fingerprint density at radius 1 is 1.40 bits per heavy atom. The number of nitrogens with two attached hydrogens (primary N) is 1. The lowest BCUT2D eigenvalue weighted by molar-refractivity contribution is 0.0952. The standard InChI is InChI=1S/C11H17N3O/c1-7-8(10(15)14-12)5-6-9(13-7)11(2,3)4/h5-6H,12H2,1-4H3,(H,14,15). The second-order valence-electron chi connectivity index (χ2n) is 4.55. The highest BCUT2D eigenvalue weighted by Crippen LogP contribution is 2.21. The number of pyridine rings is 1. The first-order valence-corrected chi connectivity index (χ1v) is 4.85. The SMILES string of the molecule is Cc1nc(C(C)(C)C)ccc1C(=O)NN. The summed E-state index contributed by atoms with van der Waals surface area (Å²) < 4.78 is 0. The number of carbonyl (C=O) groups excluding carboxylic acids is 1. The van der Waals surface area contributed by atoms with Gasteiger partial charge in [0.15, 0.2) is 0 Å². The third kappa shape index (κ3) is 2.53. The number of rotatable bonds is 1. The van der Waals surface area contributed by atoms with Crippen molar-refractivity contribution in [3.05, 3.63) is 29.1 Å². The van der Waals surface area contributed by atoms with Crippen molar-refractivity contribution in [1.82, 2.24) is 10.4 Å². The van der Waals surface area contributed by atoms with Gasteiger partial charge in [-0.05, 0) is 19.1 Å². The highest BCUT2D eigenvalue weighted by molar-refractivity contribution is 5.94. The number of nitrogens with one attached hydrogen (secondary N) is 1. The van der Waals surface area contributed by atoms with Gasteiger partial charge in [0.1, 0.15) is 0 Å². The van der Waals surface area contributed by atoms with Crippen molar-refractivity contribution in [2.75, 3.05) is 0 Å². The number of carbonyl (C=O) groups is 1. The van der Waals surface area contributed by atoms with Crippen molar-refractivity contribution in [3.8, 4) is 0 Å². The number of nitrogens with zero attached hydrogens (tertiary/aromatic N) is 1. The number of aromatic nitrogens is 1. The second-order valence-corrected chi connectivity index (χ2v) is 4.55. The molecule has 0 aliphatic rings. The van der Waals surface area contributed by atoms with Gasteiger partial charge in [-0.2, -0.15) is 0 Å². The lowest BCUT2D eigenvalue weighted by Gasteiger charge is -2.18. The summed E-state index contributed by atoms with van der Waals surface area (Å²) in [4.78, 5) is 15.7. The Hall–Kier alpha value is -1.42. The maximum absolute atomic E-state index is 11.3. The molecule has 0 aliphatic heterocycles. The molecule has 82 valence electrons. The predicted molar refractivity (Wildman–Crippen MR) is 59.3 cm³/mol. The number of hydrogen-bond donors (Lipinski definition) is 2. The van der Waals surface area contributed by atoms with Crippen LogP contribution in [0.3, 0.4) is 0 Å². The minimum atomic E-state index is -0.305. The Morgan fingerprint density at radius 3 is 2.40 bits per heavy atom. The fourth-order valence-corrected chi connectivity index (χ4v) is 1.30. The zero-order valence-corrected chi connectivity index (χ0v) is 9.59. The van der Waals surface area contributed by atoms with Gasteiger partial charge >= 0.3 is 0 Å². The normalized spacial score (nSPS) is 11.3. The van der Waals surface area contributed by atoms with Gasteiger partial charge in [-0.15, -0.1) is 0 Å². The number of aryl methyl sites for hydroxylation is 1. The number of amides is 1. The molecule has 0 aliphatic carbocycles. The van der Waals surface area contributed by atoms with Gasteiger partial charge in [0.25, 0.3) is 5.91 Å². The Kier molecular flexibility index (Phi) is 3.09. The predicted octanol–water partition coefficient (Wildman–Crippen LogP) is 1.29. The highest BCUT2D eigenvalue weighted by Gasteiger charge is 2.17. The van der Waals surface area contributed by atoms with Crippen LogP contribution < -0.4 is 11.3 Å². The number of hydrogen-bond acceptors (Lipinski definition) is 3. The number of nitrogen functional groups attached to an aromatic ring is 1. The van der Waals surface area contributed by atoms with Crippen molar-refractivity contribution < 1.29 is 4.79 Å². The van der Waals surface area contributed by atoms with E-state index < -0.39 is 0 Å². The summed E-state index contributed by atoms with van der Waals surface area (Å²) in [5, 5.41) is 0. The molecule has 3 N–H and O–H groups in total. The summed E-state index contributed by atoms with van der Waals surface area (Å²) in [6, 6.07) is 3.61. The van der Waals surface area contributed by atoms with Gasteiger partial charge in [-0.3, -0.25) is 15.2 Å². The second kappa shape index (κ2) is 3.98. The molecule has 0 unspecified atom stereocenters. The highest BCUT2D eigenvalue weighted by atomic mass is 16.2. The molecule has 0 spiro atoms. The molecular formula is C11H17N3O. The molecule has 0 aromatic carbocycles. The van der Waals surface area contributed by atoms with Crippen molar-refractivity contribution in [1.29, 1.82) is 0 Å². The molecule has 0 atom stereocenters. The molecule has 1 aromatic heterocycles. The molecule has 0 saturated carbocycles. The molecule has 1 amide bonds. The van der Waals surface area contributed by atoms with E-state index in [0.29, 0.717) is 11.3 Å². The van der Waals surface area contributed by atoms with Gasteiger partial charge in [0, 0.05) is 11.1 Å². The molecule has 1 aromatic rings. The fourth-order valence-electron chi connectivity index (χ4n) is 1.30. The van der Waals surface area contributed by atoms with Crippen molar-refractivity contribution in [3.63, 3.8) is 0 Å². The van der Waals surface area contributed by atoms with E-state index in [0.717, 1.165) is 5.69 Å². The van der Waals surface area contributed by atoms with Gasteiger partial charge in [0.05, 0.1) is 11.3 Å². The molecule has 4 heteroatoms. The zero-order chi connectivity index (χ0) is 11.6. The molecule has 1 rings (SSSR count). The Bertz CT molecular complexity index is 380. The fraction of sp³-hybridized carbons (Fsp3) is 0.455. The molecule has 4 nitrogen and oxygen atoms in total. The monoisotopic (exact) mass is 207 g/mol. The van der Waals surface area contributed by atoms with Crippen LogP contribution in [-0.4, -0.2) is 10.9 Å². The zero-order valence-electron chi connectivity index (χ0n) is 9.59. The van der Waals surface area contributed by atoms with Crippen LogP contribution in [0.1, 0.15) is 42.5 Å². The Labute approximate surface area is 89.9 Å². The van der Waals surface area contributed by atoms with Crippen LogP contribution in [-0.2, 0) is 5.41 Å². The molecular weight excluding hydrogens is 190 g/mol. The van der Waals surface area contributed by atoms with Crippen LogP contribution in [0.4, 0.5) is 0 Å². The summed E-state index contributed by atoms with van der Waals surface area (Å²) >= 11 is 0. The topological polar surface area (TPSA) is 68.0 Å². The van der Waals surface area contributed by atoms with E-state index in [1.165, 1.54) is 0 Å². The Morgan fingerprint density at radius 2 is 2.00 bits per heavy atom. The first kappa shape index (κ1) is 11.7. The molecule has 0 bridgehead atoms. The van der Waals surface area contributed by atoms with Crippen LogP contribution in [0, 0.1) is 6.92 Å². The van der Waals surface area contributed by atoms with E-state index in [1.54, 1.807) is 13.0 Å². The molecule has 0 radical (unpaired) electrons. The third-order valence-corrected chi connectivity index (χ3v) is 2.23. The third-order valence-electron chi connectivity index (χ3n) is 2.23. The van der Waals surface area contributed by atoms with Gasteiger partial charge in [-0.1, -0.05) is 20.8 Å². The first-order valence-electron chi connectivity index (χ1n) is 4.85. The van der Waals surface area contributed by atoms with Gasteiger partial charge in [0.2, 0.25) is 0 Å². The minimum absolute atomic E-state index is 0.0114. The summed E-state index contributed by atoms with van der Waals surface area (Å²) in [6.07, 6.45) is 0. The van der Waals surface area contributed by atoms with Gasteiger partial charge in [-0.25, -0.2) is 5.84 Å². The van der Waals surface area contributed by atoms with Crippen molar-refractivity contribution in [2.24, 2.45) is 5.84 Å². The average Bonchev–Trinajstić information content (AvgIpc) is 2.15. The Balaban J connectivity index is 3.15. The summed E-state index contributed by atoms with van der Waals surface area (Å²) in [5.74, 6) is 4.76. The largest absolute Gasteiger partial charge is 0.290 e. The van der Waals surface area contributed by atoms with Crippen molar-refractivity contribution >= 4 is 5.91 Å². The quantitative estimate of drug-likeness (QED) is 0.414. The van der Waals surface area contributed by atoms with Crippen LogP contribution in [0.5, 0.6) is 0 Å². The lowest BCUT2D eigenvalue weighted by atomic mass is 9.91. The van der Waals surface area contributed by atoms with Crippen LogP contribution in [0.15, 0.2) is 12.1 Å². The van der Waals surface area contributed by atoms with Crippen LogP contribution >= 0.6 is 0 Å². The summed E-state index contributed by atoms with van der Waals surface area (Å²) in [7, 11) is 0. The number of hydrazine groups is 1. The summed E-state index contributed by atoms with van der Waals surface area (Å²) in [6.45, 7) is 8.05.